The van der Waals surface area contributed by atoms with Crippen molar-refractivity contribution < 1.29 is 9.47 Å². The highest BCUT2D eigenvalue weighted by Crippen LogP contribution is 2.40. The maximum Gasteiger partial charge on any atom is 0.169 e. The predicted octanol–water partition coefficient (Wildman–Crippen LogP) is 2.11. The molecule has 2 rings (SSSR count). The van der Waals surface area contributed by atoms with Gasteiger partial charge >= 0.3 is 0 Å². The molecule has 1 atom stereocenters. The van der Waals surface area contributed by atoms with Gasteiger partial charge in [0.05, 0.1) is 13.2 Å². The third-order valence-electron chi connectivity index (χ3n) is 2.95. The minimum absolute atomic E-state index is 0.236. The van der Waals surface area contributed by atoms with E-state index in [1.54, 1.807) is 0 Å². The third kappa shape index (κ3) is 1.29. The average Bonchev–Trinajstić information content (AvgIpc) is 2.47. The van der Waals surface area contributed by atoms with Gasteiger partial charge in [0.1, 0.15) is 0 Å². The summed E-state index contributed by atoms with van der Waals surface area (Å²) in [4.78, 5) is 0. The Balaban J connectivity index is 2.05. The van der Waals surface area contributed by atoms with E-state index >= 15 is 0 Å². The normalized spacial score (nSPS) is 34.4. The molecule has 2 fully saturated rings. The molecule has 0 aromatic carbocycles. The number of hydrogen-bond donors (Lipinski definition) is 0. The van der Waals surface area contributed by atoms with Gasteiger partial charge in [-0.1, -0.05) is 19.1 Å². The Bertz CT molecular complexity index is 192. The van der Waals surface area contributed by atoms with Crippen LogP contribution in [0.25, 0.3) is 0 Å². The van der Waals surface area contributed by atoms with Crippen molar-refractivity contribution in [2.45, 2.75) is 32.0 Å². The third-order valence-corrected chi connectivity index (χ3v) is 2.95. The molecule has 2 nitrogen and oxygen atoms in total. The molecule has 1 saturated heterocycles. The smallest absolute Gasteiger partial charge is 0.169 e. The zero-order valence-electron chi connectivity index (χ0n) is 7.64. The van der Waals surface area contributed by atoms with E-state index in [4.69, 9.17) is 9.47 Å². The second kappa shape index (κ2) is 2.86. The fourth-order valence-electron chi connectivity index (χ4n) is 2.07. The summed E-state index contributed by atoms with van der Waals surface area (Å²) < 4.78 is 11.3. The van der Waals surface area contributed by atoms with Crippen LogP contribution in [0.3, 0.4) is 0 Å². The Morgan fingerprint density at radius 1 is 1.42 bits per heavy atom. The monoisotopic (exact) mass is 168 g/mol. The maximum atomic E-state index is 5.64. The molecule has 0 amide bonds. The van der Waals surface area contributed by atoms with Crippen LogP contribution in [0.15, 0.2) is 12.2 Å². The molecule has 0 aromatic heterocycles. The summed E-state index contributed by atoms with van der Waals surface area (Å²) in [6.07, 6.45) is 3.04. The summed E-state index contributed by atoms with van der Waals surface area (Å²) >= 11 is 0. The minimum atomic E-state index is -0.236. The summed E-state index contributed by atoms with van der Waals surface area (Å²) in [7, 11) is 0. The second-order valence-corrected chi connectivity index (χ2v) is 3.87. The predicted molar refractivity (Wildman–Crippen MR) is 46.8 cm³/mol. The fraction of sp³-hybridized carbons (Fsp3) is 0.800. The molecular weight excluding hydrogens is 152 g/mol. The Kier molecular flexibility index (Phi) is 1.97. The summed E-state index contributed by atoms with van der Waals surface area (Å²) in [6, 6.07) is 0. The Labute approximate surface area is 73.5 Å². The number of rotatable bonds is 0. The molecule has 68 valence electrons. The number of hydrogen-bond acceptors (Lipinski definition) is 2. The molecule has 0 aromatic rings. The average molecular weight is 168 g/mol. The first-order valence-electron chi connectivity index (χ1n) is 4.67. The largest absolute Gasteiger partial charge is 0.348 e. The van der Waals surface area contributed by atoms with Crippen LogP contribution in [0.4, 0.5) is 0 Å². The van der Waals surface area contributed by atoms with Gasteiger partial charge in [-0.25, -0.2) is 0 Å². The van der Waals surface area contributed by atoms with Gasteiger partial charge in [0.15, 0.2) is 5.79 Å². The highest BCUT2D eigenvalue weighted by Gasteiger charge is 2.41. The zero-order chi connectivity index (χ0) is 8.60. The lowest BCUT2D eigenvalue weighted by molar-refractivity contribution is -0.178. The van der Waals surface area contributed by atoms with Gasteiger partial charge in [0.25, 0.3) is 0 Å². The fourth-order valence-corrected chi connectivity index (χ4v) is 2.07. The van der Waals surface area contributed by atoms with E-state index in [9.17, 15) is 0 Å². The van der Waals surface area contributed by atoms with E-state index in [1.807, 2.05) is 0 Å². The van der Waals surface area contributed by atoms with E-state index in [1.165, 1.54) is 5.57 Å². The summed E-state index contributed by atoms with van der Waals surface area (Å²) in [5, 5.41) is 0. The van der Waals surface area contributed by atoms with Crippen molar-refractivity contribution >= 4 is 0 Å². The molecule has 0 bridgehead atoms. The topological polar surface area (TPSA) is 18.5 Å². The quantitative estimate of drug-likeness (QED) is 0.516. The molecule has 1 saturated carbocycles. The van der Waals surface area contributed by atoms with Gasteiger partial charge < -0.3 is 9.47 Å². The van der Waals surface area contributed by atoms with Gasteiger partial charge in [-0.05, 0) is 12.3 Å². The molecule has 1 heterocycles. The van der Waals surface area contributed by atoms with Crippen molar-refractivity contribution in [1.82, 2.24) is 0 Å². The molecule has 1 spiro atoms. The first-order valence-corrected chi connectivity index (χ1v) is 4.67. The molecular formula is C10H16O2. The molecule has 0 radical (unpaired) electrons. The van der Waals surface area contributed by atoms with Crippen molar-refractivity contribution in [2.75, 3.05) is 13.2 Å². The molecule has 12 heavy (non-hydrogen) atoms. The van der Waals surface area contributed by atoms with E-state index in [0.29, 0.717) is 5.92 Å². The van der Waals surface area contributed by atoms with Crippen LogP contribution in [-0.4, -0.2) is 19.0 Å². The van der Waals surface area contributed by atoms with Gasteiger partial charge in [0.2, 0.25) is 0 Å². The first kappa shape index (κ1) is 8.27. The van der Waals surface area contributed by atoms with Gasteiger partial charge in [-0.3, -0.25) is 0 Å². The van der Waals surface area contributed by atoms with Crippen molar-refractivity contribution in [3.8, 4) is 0 Å². The summed E-state index contributed by atoms with van der Waals surface area (Å²) in [5.41, 5.74) is 1.35. The SMILES string of the molecule is C=C1CCC2(CC1C)OCCO2. The van der Waals surface area contributed by atoms with Crippen LogP contribution in [0, 0.1) is 5.92 Å². The van der Waals surface area contributed by atoms with E-state index < -0.39 is 0 Å². The van der Waals surface area contributed by atoms with Crippen molar-refractivity contribution in [3.63, 3.8) is 0 Å². The molecule has 2 heteroatoms. The highest BCUT2D eigenvalue weighted by atomic mass is 16.7. The highest BCUT2D eigenvalue weighted by molar-refractivity contribution is 5.06. The molecule has 1 aliphatic heterocycles. The summed E-state index contributed by atoms with van der Waals surface area (Å²) in [6.45, 7) is 7.77. The lowest BCUT2D eigenvalue weighted by Crippen LogP contribution is -2.36. The Morgan fingerprint density at radius 3 is 2.67 bits per heavy atom. The Hall–Kier alpha value is -0.340. The van der Waals surface area contributed by atoms with E-state index in [0.717, 1.165) is 32.5 Å². The zero-order valence-corrected chi connectivity index (χ0v) is 7.64. The number of allylic oxidation sites excluding steroid dienone is 1. The van der Waals surface area contributed by atoms with Crippen molar-refractivity contribution in [3.05, 3.63) is 12.2 Å². The van der Waals surface area contributed by atoms with E-state index in [-0.39, 0.29) is 5.79 Å². The second-order valence-electron chi connectivity index (χ2n) is 3.87. The van der Waals surface area contributed by atoms with Crippen LogP contribution in [0.2, 0.25) is 0 Å². The lowest BCUT2D eigenvalue weighted by atomic mass is 9.82. The standard InChI is InChI=1S/C10H16O2/c1-8-3-4-10(7-9(8)2)11-5-6-12-10/h9H,1,3-7H2,2H3. The summed E-state index contributed by atoms with van der Waals surface area (Å²) in [5.74, 6) is 0.317. The Morgan fingerprint density at radius 2 is 2.08 bits per heavy atom. The van der Waals surface area contributed by atoms with Crippen LogP contribution in [-0.2, 0) is 9.47 Å². The van der Waals surface area contributed by atoms with Crippen LogP contribution in [0.1, 0.15) is 26.2 Å². The molecule has 1 aliphatic carbocycles. The van der Waals surface area contributed by atoms with Gasteiger partial charge in [-0.15, -0.1) is 0 Å². The van der Waals surface area contributed by atoms with Gasteiger partial charge in [0, 0.05) is 12.8 Å². The van der Waals surface area contributed by atoms with Crippen LogP contribution in [0.5, 0.6) is 0 Å². The lowest BCUT2D eigenvalue weighted by Gasteiger charge is -2.36. The molecule has 2 aliphatic rings. The van der Waals surface area contributed by atoms with Crippen molar-refractivity contribution in [1.29, 1.82) is 0 Å². The minimum Gasteiger partial charge on any atom is -0.348 e. The number of ether oxygens (including phenoxy) is 2. The first-order chi connectivity index (χ1) is 5.72. The maximum absolute atomic E-state index is 5.64. The van der Waals surface area contributed by atoms with Crippen molar-refractivity contribution in [2.24, 2.45) is 5.92 Å². The van der Waals surface area contributed by atoms with Crippen LogP contribution < -0.4 is 0 Å². The molecule has 0 N–H and O–H groups in total. The van der Waals surface area contributed by atoms with Crippen LogP contribution >= 0.6 is 0 Å². The van der Waals surface area contributed by atoms with Gasteiger partial charge in [-0.2, -0.15) is 0 Å². The van der Waals surface area contributed by atoms with E-state index in [2.05, 4.69) is 13.5 Å². The molecule has 1 unspecified atom stereocenters.